The van der Waals surface area contributed by atoms with Crippen molar-refractivity contribution in [1.29, 1.82) is 0 Å². The van der Waals surface area contributed by atoms with Crippen LogP contribution in [0.3, 0.4) is 0 Å². The Bertz CT molecular complexity index is 376. The van der Waals surface area contributed by atoms with Gasteiger partial charge < -0.3 is 0 Å². The summed E-state index contributed by atoms with van der Waals surface area (Å²) in [5, 5.41) is 1.13. The molecule has 1 aromatic carbocycles. The second-order valence-corrected chi connectivity index (χ2v) is 4.67. The number of halogens is 2. The van der Waals surface area contributed by atoms with Crippen molar-refractivity contribution in [1.82, 2.24) is 0 Å². The second kappa shape index (κ2) is 3.52. The van der Waals surface area contributed by atoms with Gasteiger partial charge in [0.25, 0.3) is 0 Å². The number of hydrogen-bond donors (Lipinski definition) is 0. The Kier molecular flexibility index (Phi) is 2.54. The van der Waals surface area contributed by atoms with E-state index >= 15 is 0 Å². The summed E-state index contributed by atoms with van der Waals surface area (Å²) in [5.41, 5.74) is 0.602. The molecule has 0 N–H and O–H groups in total. The first-order valence-corrected chi connectivity index (χ1v) is 5.58. The Hall–Kier alpha value is -0.180. The van der Waals surface area contributed by atoms with Crippen LogP contribution in [-0.2, 0) is 0 Å². The van der Waals surface area contributed by atoms with Gasteiger partial charge in [-0.05, 0) is 12.1 Å². The molecule has 0 spiro atoms. The average molecular weight is 233 g/mol. The van der Waals surface area contributed by atoms with E-state index in [1.54, 1.807) is 23.9 Å². The van der Waals surface area contributed by atoms with E-state index in [9.17, 15) is 4.79 Å². The number of hydrogen-bond acceptors (Lipinski definition) is 2. The third-order valence-corrected chi connectivity index (χ3v) is 3.78. The summed E-state index contributed by atoms with van der Waals surface area (Å²) >= 11 is 13.5. The highest BCUT2D eigenvalue weighted by Crippen LogP contribution is 2.39. The lowest BCUT2D eigenvalue weighted by Gasteiger charge is -2.16. The Balaban J connectivity index is 2.67. The molecule has 2 rings (SSSR count). The predicted molar refractivity (Wildman–Crippen MR) is 56.1 cm³/mol. The minimum atomic E-state index is 0.0984. The smallest absolute Gasteiger partial charge is 0.166 e. The van der Waals surface area contributed by atoms with E-state index in [2.05, 4.69) is 0 Å². The fourth-order valence-electron chi connectivity index (χ4n) is 1.30. The summed E-state index contributed by atoms with van der Waals surface area (Å²) in [6.45, 7) is 0. The lowest BCUT2D eigenvalue weighted by atomic mass is 10.1. The van der Waals surface area contributed by atoms with Gasteiger partial charge in [-0.15, -0.1) is 11.8 Å². The van der Waals surface area contributed by atoms with E-state index in [0.29, 0.717) is 22.0 Å². The largest absolute Gasteiger partial charge is 0.294 e. The van der Waals surface area contributed by atoms with Crippen molar-refractivity contribution in [3.63, 3.8) is 0 Å². The molecular formula is C9H6Cl2OS. The Morgan fingerprint density at radius 2 is 1.92 bits per heavy atom. The molecule has 0 bridgehead atoms. The lowest BCUT2D eigenvalue weighted by Crippen LogP contribution is -2.09. The van der Waals surface area contributed by atoms with Crippen molar-refractivity contribution in [2.24, 2.45) is 0 Å². The lowest BCUT2D eigenvalue weighted by molar-refractivity contribution is 0.0985. The fraction of sp³-hybridized carbons (Fsp3) is 0.222. The Morgan fingerprint density at radius 3 is 2.62 bits per heavy atom. The molecule has 0 amide bonds. The van der Waals surface area contributed by atoms with Gasteiger partial charge in [-0.2, -0.15) is 0 Å². The van der Waals surface area contributed by atoms with Crippen LogP contribution in [0, 0.1) is 0 Å². The van der Waals surface area contributed by atoms with E-state index in [0.717, 1.165) is 10.6 Å². The van der Waals surface area contributed by atoms with Crippen LogP contribution in [0.25, 0.3) is 0 Å². The summed E-state index contributed by atoms with van der Waals surface area (Å²) < 4.78 is 0. The molecule has 0 aromatic heterocycles. The molecule has 1 aliphatic heterocycles. The van der Waals surface area contributed by atoms with Gasteiger partial charge in [0.2, 0.25) is 0 Å². The highest BCUT2D eigenvalue weighted by atomic mass is 35.5. The number of Topliss-reactive ketones (excluding diaryl/α,β-unsaturated/α-hetero) is 1. The number of benzene rings is 1. The summed E-state index contributed by atoms with van der Waals surface area (Å²) in [6.07, 6.45) is 0.553. The van der Waals surface area contributed by atoms with Crippen LogP contribution in [0.4, 0.5) is 0 Å². The van der Waals surface area contributed by atoms with E-state index in [4.69, 9.17) is 23.2 Å². The van der Waals surface area contributed by atoms with Crippen LogP contribution in [0.5, 0.6) is 0 Å². The Labute approximate surface area is 90.4 Å². The maximum atomic E-state index is 11.5. The van der Waals surface area contributed by atoms with Crippen molar-refractivity contribution in [3.8, 4) is 0 Å². The van der Waals surface area contributed by atoms with Crippen molar-refractivity contribution >= 4 is 40.7 Å². The summed E-state index contributed by atoms with van der Waals surface area (Å²) in [6, 6.07) is 3.40. The van der Waals surface area contributed by atoms with Gasteiger partial charge in [0.1, 0.15) is 0 Å². The molecule has 4 heteroatoms. The van der Waals surface area contributed by atoms with Gasteiger partial charge in [0.15, 0.2) is 5.78 Å². The van der Waals surface area contributed by atoms with Crippen LogP contribution >= 0.6 is 35.0 Å². The maximum Gasteiger partial charge on any atom is 0.166 e. The second-order valence-electron chi connectivity index (χ2n) is 2.75. The van der Waals surface area contributed by atoms with Crippen LogP contribution in [-0.4, -0.2) is 11.5 Å². The van der Waals surface area contributed by atoms with E-state index in [-0.39, 0.29) is 5.78 Å². The predicted octanol–water partition coefficient (Wildman–Crippen LogP) is 3.67. The van der Waals surface area contributed by atoms with Crippen molar-refractivity contribution in [2.45, 2.75) is 11.3 Å². The molecule has 1 aromatic rings. The van der Waals surface area contributed by atoms with E-state index in [1.807, 2.05) is 0 Å². The molecule has 0 aliphatic carbocycles. The molecule has 13 heavy (non-hydrogen) atoms. The zero-order valence-corrected chi connectivity index (χ0v) is 8.97. The molecule has 0 saturated carbocycles. The summed E-state index contributed by atoms with van der Waals surface area (Å²) in [4.78, 5) is 12.3. The maximum absolute atomic E-state index is 11.5. The first kappa shape index (κ1) is 9.38. The first-order chi connectivity index (χ1) is 6.20. The average Bonchev–Trinajstić information content (AvgIpc) is 2.12. The molecule has 0 atom stereocenters. The minimum absolute atomic E-state index is 0.0984. The van der Waals surface area contributed by atoms with Crippen LogP contribution < -0.4 is 0 Å². The molecule has 1 nitrogen and oxygen atoms in total. The van der Waals surface area contributed by atoms with Crippen LogP contribution in [0.15, 0.2) is 17.0 Å². The monoisotopic (exact) mass is 232 g/mol. The zero-order valence-electron chi connectivity index (χ0n) is 6.64. The van der Waals surface area contributed by atoms with Crippen molar-refractivity contribution < 1.29 is 4.79 Å². The van der Waals surface area contributed by atoms with Gasteiger partial charge >= 0.3 is 0 Å². The highest BCUT2D eigenvalue weighted by Gasteiger charge is 2.22. The van der Waals surface area contributed by atoms with Gasteiger partial charge in [0, 0.05) is 17.1 Å². The number of ketones is 1. The van der Waals surface area contributed by atoms with Crippen molar-refractivity contribution in [3.05, 3.63) is 27.7 Å². The normalized spacial score (nSPS) is 15.7. The number of thioether (sulfide) groups is 1. The number of fused-ring (bicyclic) bond motifs is 1. The summed E-state index contributed by atoms with van der Waals surface area (Å²) in [5.74, 6) is 0.896. The number of carbonyl (C=O) groups excluding carboxylic acids is 1. The quantitative estimate of drug-likeness (QED) is 0.680. The molecule has 1 heterocycles. The van der Waals surface area contributed by atoms with Crippen LogP contribution in [0.1, 0.15) is 16.8 Å². The molecule has 68 valence electrons. The van der Waals surface area contributed by atoms with Gasteiger partial charge in [-0.1, -0.05) is 23.2 Å². The third kappa shape index (κ3) is 1.58. The zero-order chi connectivity index (χ0) is 9.42. The first-order valence-electron chi connectivity index (χ1n) is 3.84. The molecule has 1 aliphatic rings. The number of rotatable bonds is 0. The SMILES string of the molecule is O=C1CCSc2c(Cl)ccc(Cl)c21. The fourth-order valence-corrected chi connectivity index (χ4v) is 3.01. The van der Waals surface area contributed by atoms with E-state index in [1.165, 1.54) is 0 Å². The molecule has 0 radical (unpaired) electrons. The third-order valence-electron chi connectivity index (χ3n) is 1.91. The molecule has 0 unspecified atom stereocenters. The van der Waals surface area contributed by atoms with Crippen molar-refractivity contribution in [2.75, 3.05) is 5.75 Å². The summed E-state index contributed by atoms with van der Waals surface area (Å²) in [7, 11) is 0. The molecule has 0 saturated heterocycles. The molecular weight excluding hydrogens is 227 g/mol. The van der Waals surface area contributed by atoms with Crippen LogP contribution in [0.2, 0.25) is 10.0 Å². The standard InChI is InChI=1S/C9H6Cl2OS/c10-5-1-2-6(11)9-8(5)7(12)3-4-13-9/h1-2H,3-4H2. The topological polar surface area (TPSA) is 17.1 Å². The van der Waals surface area contributed by atoms with Gasteiger partial charge in [-0.25, -0.2) is 0 Å². The van der Waals surface area contributed by atoms with Gasteiger partial charge in [-0.3, -0.25) is 4.79 Å². The number of carbonyl (C=O) groups is 1. The van der Waals surface area contributed by atoms with E-state index < -0.39 is 0 Å². The molecule has 0 fully saturated rings. The Morgan fingerprint density at radius 1 is 1.23 bits per heavy atom. The minimum Gasteiger partial charge on any atom is -0.294 e. The highest BCUT2D eigenvalue weighted by molar-refractivity contribution is 7.99. The van der Waals surface area contributed by atoms with Gasteiger partial charge in [0.05, 0.1) is 15.6 Å².